The van der Waals surface area contributed by atoms with Gasteiger partial charge in [0.2, 0.25) is 0 Å². The molecular weight excluding hydrogens is 537 g/mol. The number of nitrogens with zero attached hydrogens (tertiary/aromatic N) is 1. The number of hydrogen-bond donors (Lipinski definition) is 0. The molecule has 0 heterocycles. The van der Waals surface area contributed by atoms with Crippen molar-refractivity contribution in [2.45, 2.75) is 17.0 Å². The van der Waals surface area contributed by atoms with E-state index in [2.05, 4.69) is 14.4 Å². The predicted octanol–water partition coefficient (Wildman–Crippen LogP) is 6.44. The molecule has 0 bridgehead atoms. The summed E-state index contributed by atoms with van der Waals surface area (Å²) in [6.07, 6.45) is 0. The van der Waals surface area contributed by atoms with Crippen LogP contribution in [-0.2, 0) is 27.3 Å². The molecule has 2 atom stereocenters. The van der Waals surface area contributed by atoms with Gasteiger partial charge in [-0.1, -0.05) is 71.8 Å². The van der Waals surface area contributed by atoms with Crippen LogP contribution in [0.1, 0.15) is 23.2 Å². The Hall–Kier alpha value is -1.96. The molecule has 9 heteroatoms. The Bertz CT molecular complexity index is 1050. The van der Waals surface area contributed by atoms with Crippen LogP contribution in [0.4, 0.5) is 0 Å². The van der Waals surface area contributed by atoms with Gasteiger partial charge >= 0.3 is 27.0 Å². The zero-order valence-electron chi connectivity index (χ0n) is 17.9. The van der Waals surface area contributed by atoms with Gasteiger partial charge in [-0.2, -0.15) is 0 Å². The van der Waals surface area contributed by atoms with Crippen molar-refractivity contribution < 1.29 is 35.2 Å². The number of hydrogen-bond acceptors (Lipinski definition) is 4. The number of rotatable bonds is 8. The fourth-order valence-electron chi connectivity index (χ4n) is 3.00. The molecule has 1 N–H and O–H groups in total. The van der Waals surface area contributed by atoms with Gasteiger partial charge in [-0.15, -0.1) is 12.1 Å². The van der Waals surface area contributed by atoms with E-state index in [0.29, 0.717) is 16.9 Å². The van der Waals surface area contributed by atoms with Gasteiger partial charge in [0, 0.05) is 6.07 Å². The number of benzene rings is 3. The summed E-state index contributed by atoms with van der Waals surface area (Å²) in [5.74, 6) is 0.615. The molecule has 6 nitrogen and oxygen atoms in total. The Balaban J connectivity index is 0.00000166. The molecule has 0 saturated heterocycles. The predicted molar refractivity (Wildman–Crippen MR) is 125 cm³/mol. The second kappa shape index (κ2) is 13.6. The molecule has 3 aromatic rings. The molecule has 0 amide bonds. The summed E-state index contributed by atoms with van der Waals surface area (Å²) in [6, 6.07) is 20.7. The fraction of sp³-hybridized carbons (Fsp3) is 0.174. The van der Waals surface area contributed by atoms with E-state index in [0.717, 1.165) is 0 Å². The van der Waals surface area contributed by atoms with E-state index in [1.807, 2.05) is 41.6 Å². The summed E-state index contributed by atoms with van der Waals surface area (Å²) in [7, 11) is 3.34. The van der Waals surface area contributed by atoms with Crippen molar-refractivity contribution in [3.63, 3.8) is 0 Å². The van der Waals surface area contributed by atoms with Gasteiger partial charge in [-0.05, 0) is 12.1 Å². The van der Waals surface area contributed by atoms with Crippen molar-refractivity contribution >= 4 is 19.7 Å². The first-order valence-electron chi connectivity index (χ1n) is 9.10. The number of nitrogens with one attached hydrogen (secondary N) is 1. The first-order valence-corrected chi connectivity index (χ1v) is 12.8. The first-order chi connectivity index (χ1) is 15.0. The van der Waals surface area contributed by atoms with Crippen molar-refractivity contribution in [1.29, 1.82) is 0 Å². The SMILES string of the molecule is COc1ccc(S(=O)(=O)[N-]C(c2ccccc2)[C@@H]([NH-])c2ccccc2)c(OC)c1.[CH3-].[Cl][Ru+3]. The van der Waals surface area contributed by atoms with E-state index in [1.54, 1.807) is 36.4 Å². The second-order valence-electron chi connectivity index (χ2n) is 6.34. The topological polar surface area (TPSA) is 90.5 Å². The normalized spacial score (nSPS) is 12.4. The maximum atomic E-state index is 13.2. The van der Waals surface area contributed by atoms with Gasteiger partial charge in [-0.25, -0.2) is 8.42 Å². The van der Waals surface area contributed by atoms with Crippen LogP contribution < -0.4 is 9.47 Å². The molecule has 0 aromatic heterocycles. The number of ether oxygens (including phenoxy) is 2. The van der Waals surface area contributed by atoms with Crippen molar-refractivity contribution in [3.05, 3.63) is 108 Å². The van der Waals surface area contributed by atoms with E-state index in [9.17, 15) is 8.42 Å². The average Bonchev–Trinajstić information content (AvgIpc) is 2.84. The summed E-state index contributed by atoms with van der Waals surface area (Å²) >= 11 is 1.82. The van der Waals surface area contributed by atoms with Crippen LogP contribution in [0.5, 0.6) is 11.5 Å². The van der Waals surface area contributed by atoms with Crippen LogP contribution in [0, 0.1) is 7.43 Å². The summed E-state index contributed by atoms with van der Waals surface area (Å²) in [5.41, 5.74) is 10.0. The molecule has 0 radical (unpaired) electrons. The van der Waals surface area contributed by atoms with Crippen molar-refractivity contribution in [1.82, 2.24) is 0 Å². The Morgan fingerprint density at radius 3 is 1.91 bits per heavy atom. The number of halogens is 1. The zero-order chi connectivity index (χ0) is 22.9. The van der Waals surface area contributed by atoms with Gasteiger partial charge in [0.05, 0.1) is 19.1 Å². The standard InChI is InChI=1S/C22H22N2O4S.CH3.ClH.Ru/c1-27-18-13-14-20(19(15-18)28-2)29(25,26)24-22(17-11-7-4-8-12-17)21(23)16-9-5-3-6-10-16;;;/h3-15,21-23H,1-2H3;1H3;1H;/q-2;-1;;+4/p-1/t21-,22?;;;/m0.../s1. The molecule has 3 rings (SSSR count). The molecule has 0 fully saturated rings. The Kier molecular flexibility index (Phi) is 11.9. The molecule has 0 saturated carbocycles. The summed E-state index contributed by atoms with van der Waals surface area (Å²) in [6.45, 7) is 0. The summed E-state index contributed by atoms with van der Waals surface area (Å²) in [5, 5.41) is 0. The average molecular weight is 562 g/mol. The maximum absolute atomic E-state index is 13.2. The van der Waals surface area contributed by atoms with Gasteiger partial charge in [-0.3, -0.25) is 0 Å². The van der Waals surface area contributed by atoms with Crippen LogP contribution in [0.2, 0.25) is 0 Å². The van der Waals surface area contributed by atoms with E-state index >= 15 is 0 Å². The number of sulfonamides is 1. The Labute approximate surface area is 204 Å². The molecule has 0 aliphatic carbocycles. The summed E-state index contributed by atoms with van der Waals surface area (Å²) < 4.78 is 40.8. The zero-order valence-corrected chi connectivity index (χ0v) is 21.2. The molecule has 1 unspecified atom stereocenters. The van der Waals surface area contributed by atoms with Crippen LogP contribution >= 0.6 is 9.69 Å². The van der Waals surface area contributed by atoms with Crippen LogP contribution in [0.15, 0.2) is 83.8 Å². The third-order valence-electron chi connectivity index (χ3n) is 4.52. The van der Waals surface area contributed by atoms with E-state index < -0.39 is 22.1 Å². The number of methoxy groups -OCH3 is 2. The third-order valence-corrected chi connectivity index (χ3v) is 5.91. The molecule has 172 valence electrons. The van der Waals surface area contributed by atoms with Crippen LogP contribution in [0.25, 0.3) is 10.5 Å². The molecule has 0 aliphatic heterocycles. The van der Waals surface area contributed by atoms with Crippen molar-refractivity contribution in [2.75, 3.05) is 14.2 Å². The molecule has 3 aromatic carbocycles. The van der Waals surface area contributed by atoms with Gasteiger partial charge in [0.1, 0.15) is 21.5 Å². The van der Waals surface area contributed by atoms with Crippen molar-refractivity contribution in [2.24, 2.45) is 0 Å². The van der Waals surface area contributed by atoms with Crippen LogP contribution in [-0.4, -0.2) is 22.6 Å². The fourth-order valence-corrected chi connectivity index (χ4v) is 4.29. The van der Waals surface area contributed by atoms with E-state index in [-0.39, 0.29) is 18.1 Å². The quantitative estimate of drug-likeness (QED) is 0.234. The van der Waals surface area contributed by atoms with Gasteiger partial charge in [0.25, 0.3) is 0 Å². The Morgan fingerprint density at radius 2 is 1.41 bits per heavy atom. The summed E-state index contributed by atoms with van der Waals surface area (Å²) in [4.78, 5) is -0.0676. The Morgan fingerprint density at radius 1 is 0.875 bits per heavy atom. The third kappa shape index (κ3) is 7.02. The van der Waals surface area contributed by atoms with Crippen LogP contribution in [0.3, 0.4) is 0 Å². The van der Waals surface area contributed by atoms with Gasteiger partial charge < -0.3 is 27.4 Å². The molecule has 32 heavy (non-hydrogen) atoms. The molecule has 0 aliphatic rings. The van der Waals surface area contributed by atoms with Gasteiger partial charge in [0.15, 0.2) is 0 Å². The minimum atomic E-state index is -4.10. The molecular formula is C23H25ClN2O4RuS. The van der Waals surface area contributed by atoms with E-state index in [4.69, 9.17) is 15.2 Å². The minimum absolute atomic E-state index is 0. The molecule has 0 spiro atoms. The van der Waals surface area contributed by atoms with Crippen molar-refractivity contribution in [3.8, 4) is 11.5 Å². The first kappa shape index (κ1) is 28.1. The second-order valence-corrected chi connectivity index (χ2v) is 7.94. The van der Waals surface area contributed by atoms with E-state index in [1.165, 1.54) is 32.4 Å². The monoisotopic (exact) mass is 562 g/mol.